The Hall–Kier alpha value is -1.89. The molecule has 1 amide bonds. The average Bonchev–Trinajstić information content (AvgIpc) is 3.05. The molecule has 140 valence electrons. The number of amides is 1. The molecule has 3 atom stereocenters. The number of hydrogen-bond acceptors (Lipinski definition) is 5. The maximum Gasteiger partial charge on any atom is 0.230 e. The molecular formula is C19H27N5OS. The zero-order chi connectivity index (χ0) is 18.7. The SMILES string of the molecule is Cc1cccc(C)c1-n1nnnc1SCC(=O)N[C@@H]1CCC[C@H](C)[C@@H]1C. The van der Waals surface area contributed by atoms with Gasteiger partial charge in [0.15, 0.2) is 0 Å². The lowest BCUT2D eigenvalue weighted by Crippen LogP contribution is -2.44. The second kappa shape index (κ2) is 8.20. The first kappa shape index (κ1) is 18.9. The first-order valence-corrected chi connectivity index (χ1v) is 10.2. The molecule has 26 heavy (non-hydrogen) atoms. The van der Waals surface area contributed by atoms with Crippen molar-refractivity contribution in [3.63, 3.8) is 0 Å². The normalized spacial score (nSPS) is 23.0. The van der Waals surface area contributed by atoms with E-state index in [0.717, 1.165) is 23.2 Å². The molecule has 0 unspecified atom stereocenters. The predicted molar refractivity (Wildman–Crippen MR) is 103 cm³/mol. The molecule has 1 aromatic carbocycles. The van der Waals surface area contributed by atoms with Gasteiger partial charge in [0.1, 0.15) is 0 Å². The van der Waals surface area contributed by atoms with Crippen molar-refractivity contribution in [3.05, 3.63) is 29.3 Å². The Kier molecular flexibility index (Phi) is 5.96. The second-order valence-corrected chi connectivity index (χ2v) is 8.29. The van der Waals surface area contributed by atoms with Crippen molar-refractivity contribution in [1.82, 2.24) is 25.5 Å². The highest BCUT2D eigenvalue weighted by molar-refractivity contribution is 7.99. The molecule has 3 rings (SSSR count). The molecule has 7 heteroatoms. The van der Waals surface area contributed by atoms with Crippen molar-refractivity contribution in [2.75, 3.05) is 5.75 Å². The van der Waals surface area contributed by atoms with Gasteiger partial charge in [0, 0.05) is 6.04 Å². The first-order chi connectivity index (χ1) is 12.5. The van der Waals surface area contributed by atoms with Crippen LogP contribution in [0.25, 0.3) is 5.69 Å². The van der Waals surface area contributed by atoms with Crippen LogP contribution in [-0.4, -0.2) is 37.9 Å². The van der Waals surface area contributed by atoms with Crippen LogP contribution in [0.3, 0.4) is 0 Å². The van der Waals surface area contributed by atoms with E-state index in [1.807, 2.05) is 32.0 Å². The number of hydrogen-bond donors (Lipinski definition) is 1. The molecule has 0 spiro atoms. The second-order valence-electron chi connectivity index (χ2n) is 7.34. The minimum atomic E-state index is 0.0528. The van der Waals surface area contributed by atoms with Crippen molar-refractivity contribution in [1.29, 1.82) is 0 Å². The van der Waals surface area contributed by atoms with Crippen molar-refractivity contribution in [2.45, 2.75) is 58.2 Å². The fourth-order valence-corrected chi connectivity index (χ4v) is 4.40. The average molecular weight is 374 g/mol. The van der Waals surface area contributed by atoms with Gasteiger partial charge in [-0.25, -0.2) is 0 Å². The van der Waals surface area contributed by atoms with Gasteiger partial charge in [-0.15, -0.1) is 5.10 Å². The Morgan fingerprint density at radius 2 is 2.00 bits per heavy atom. The van der Waals surface area contributed by atoms with Crippen LogP contribution in [-0.2, 0) is 4.79 Å². The minimum Gasteiger partial charge on any atom is -0.352 e. The monoisotopic (exact) mass is 373 g/mol. The zero-order valence-electron chi connectivity index (χ0n) is 15.9. The van der Waals surface area contributed by atoms with Gasteiger partial charge in [-0.2, -0.15) is 4.68 Å². The summed E-state index contributed by atoms with van der Waals surface area (Å²) in [6, 6.07) is 6.38. The van der Waals surface area contributed by atoms with Crippen LogP contribution in [0.2, 0.25) is 0 Å². The number of carbonyl (C=O) groups excluding carboxylic acids is 1. The van der Waals surface area contributed by atoms with E-state index in [9.17, 15) is 4.79 Å². The predicted octanol–water partition coefficient (Wildman–Crippen LogP) is 3.31. The highest BCUT2D eigenvalue weighted by Crippen LogP contribution is 2.29. The van der Waals surface area contributed by atoms with Gasteiger partial charge in [-0.3, -0.25) is 4.79 Å². The van der Waals surface area contributed by atoms with E-state index in [1.165, 1.54) is 24.6 Å². The highest BCUT2D eigenvalue weighted by atomic mass is 32.2. The summed E-state index contributed by atoms with van der Waals surface area (Å²) in [5.74, 6) is 1.57. The number of nitrogens with one attached hydrogen (secondary N) is 1. The number of rotatable bonds is 5. The number of tetrazole rings is 1. The van der Waals surface area contributed by atoms with Crippen LogP contribution >= 0.6 is 11.8 Å². The molecule has 0 aliphatic heterocycles. The molecule has 1 N–H and O–H groups in total. The molecule has 2 aromatic rings. The third kappa shape index (κ3) is 4.09. The number of carbonyl (C=O) groups is 1. The van der Waals surface area contributed by atoms with Crippen LogP contribution < -0.4 is 5.32 Å². The summed E-state index contributed by atoms with van der Waals surface area (Å²) in [6.45, 7) is 8.59. The van der Waals surface area contributed by atoms with Crippen LogP contribution in [0.1, 0.15) is 44.2 Å². The van der Waals surface area contributed by atoms with E-state index in [-0.39, 0.29) is 11.9 Å². The molecule has 1 saturated carbocycles. The maximum absolute atomic E-state index is 12.4. The lowest BCUT2D eigenvalue weighted by atomic mass is 9.78. The quantitative estimate of drug-likeness (QED) is 0.814. The Balaban J connectivity index is 1.64. The van der Waals surface area contributed by atoms with Gasteiger partial charge in [0.25, 0.3) is 0 Å². The topological polar surface area (TPSA) is 72.7 Å². The fourth-order valence-electron chi connectivity index (χ4n) is 3.71. The summed E-state index contributed by atoms with van der Waals surface area (Å²) in [4.78, 5) is 12.4. The molecule has 1 aliphatic rings. The molecule has 1 fully saturated rings. The van der Waals surface area contributed by atoms with Crippen molar-refractivity contribution in [2.24, 2.45) is 11.8 Å². The molecule has 6 nitrogen and oxygen atoms in total. The molecule has 1 aliphatic carbocycles. The van der Waals surface area contributed by atoms with Crippen LogP contribution in [0.4, 0.5) is 0 Å². The Bertz CT molecular complexity index is 755. The van der Waals surface area contributed by atoms with Crippen LogP contribution in [0.5, 0.6) is 0 Å². The summed E-state index contributed by atoms with van der Waals surface area (Å²) < 4.78 is 1.73. The Morgan fingerprint density at radius 1 is 1.27 bits per heavy atom. The Morgan fingerprint density at radius 3 is 2.73 bits per heavy atom. The lowest BCUT2D eigenvalue weighted by Gasteiger charge is -2.34. The van der Waals surface area contributed by atoms with Crippen molar-refractivity contribution < 1.29 is 4.79 Å². The van der Waals surface area contributed by atoms with Crippen molar-refractivity contribution >= 4 is 17.7 Å². The molecule has 0 radical (unpaired) electrons. The van der Waals surface area contributed by atoms with E-state index in [0.29, 0.717) is 22.7 Å². The fraction of sp³-hybridized carbons (Fsp3) is 0.579. The van der Waals surface area contributed by atoms with Gasteiger partial charge in [0.05, 0.1) is 11.4 Å². The van der Waals surface area contributed by atoms with Gasteiger partial charge >= 0.3 is 0 Å². The molecule has 0 bridgehead atoms. The summed E-state index contributed by atoms with van der Waals surface area (Å²) in [7, 11) is 0. The van der Waals surface area contributed by atoms with E-state index >= 15 is 0 Å². The highest BCUT2D eigenvalue weighted by Gasteiger charge is 2.28. The third-order valence-corrected chi connectivity index (χ3v) is 6.40. The van der Waals surface area contributed by atoms with Crippen LogP contribution in [0, 0.1) is 25.7 Å². The largest absolute Gasteiger partial charge is 0.352 e. The van der Waals surface area contributed by atoms with Gasteiger partial charge in [-0.1, -0.05) is 56.7 Å². The lowest BCUT2D eigenvalue weighted by molar-refractivity contribution is -0.120. The maximum atomic E-state index is 12.4. The first-order valence-electron chi connectivity index (χ1n) is 9.24. The molecule has 1 aromatic heterocycles. The van der Waals surface area contributed by atoms with Gasteiger partial charge in [0.2, 0.25) is 11.1 Å². The van der Waals surface area contributed by atoms with E-state index in [1.54, 1.807) is 4.68 Å². The number of benzene rings is 1. The summed E-state index contributed by atoms with van der Waals surface area (Å²) >= 11 is 1.38. The number of nitrogens with zero attached hydrogens (tertiary/aromatic N) is 4. The number of aromatic nitrogens is 4. The van der Waals surface area contributed by atoms with E-state index in [2.05, 4.69) is 34.7 Å². The number of para-hydroxylation sites is 1. The van der Waals surface area contributed by atoms with E-state index < -0.39 is 0 Å². The standard InChI is InChI=1S/C19H27N5OS/c1-12-7-6-10-16(15(12)4)20-17(25)11-26-19-21-22-23-24(19)18-13(2)8-5-9-14(18)3/h5,8-9,12,15-16H,6-7,10-11H2,1-4H3,(H,20,25)/t12-,15-,16+/m0/s1. The minimum absolute atomic E-state index is 0.0528. The molecule has 1 heterocycles. The van der Waals surface area contributed by atoms with E-state index in [4.69, 9.17) is 0 Å². The molecular weight excluding hydrogens is 346 g/mol. The zero-order valence-corrected chi connectivity index (χ0v) is 16.7. The summed E-state index contributed by atoms with van der Waals surface area (Å²) in [5, 5.41) is 15.9. The third-order valence-electron chi connectivity index (χ3n) is 5.48. The van der Waals surface area contributed by atoms with Gasteiger partial charge < -0.3 is 5.32 Å². The Labute approximate surface area is 159 Å². The number of thioether (sulfide) groups is 1. The van der Waals surface area contributed by atoms with Crippen molar-refractivity contribution in [3.8, 4) is 5.69 Å². The number of aryl methyl sites for hydroxylation is 2. The summed E-state index contributed by atoms with van der Waals surface area (Å²) in [6.07, 6.45) is 3.52. The van der Waals surface area contributed by atoms with Gasteiger partial charge in [-0.05, 0) is 53.7 Å². The summed E-state index contributed by atoms with van der Waals surface area (Å²) in [5.41, 5.74) is 3.19. The van der Waals surface area contributed by atoms with Crippen LogP contribution in [0.15, 0.2) is 23.4 Å². The molecule has 0 saturated heterocycles. The smallest absolute Gasteiger partial charge is 0.230 e.